The molecule has 0 saturated heterocycles. The fraction of sp³-hybridized carbons (Fsp3) is 0.944. The summed E-state index contributed by atoms with van der Waals surface area (Å²) in [5, 5.41) is 3.18. The van der Waals surface area contributed by atoms with E-state index in [-0.39, 0.29) is 0 Å². The van der Waals surface area contributed by atoms with Crippen molar-refractivity contribution in [3.8, 4) is 0 Å². The molecule has 1 N–H and O–H groups in total. The van der Waals surface area contributed by atoms with Crippen molar-refractivity contribution in [1.82, 2.24) is 10.2 Å². The number of nitrogens with zero attached hydrogens (tertiary/aromatic N) is 1. The van der Waals surface area contributed by atoms with Crippen molar-refractivity contribution in [1.29, 1.82) is 0 Å². The Morgan fingerprint density at radius 1 is 1.05 bits per heavy atom. The zero-order chi connectivity index (χ0) is 14.9. The Labute approximate surface area is 129 Å². The molecule has 4 aliphatic rings. The van der Waals surface area contributed by atoms with Gasteiger partial charge < -0.3 is 10.2 Å². The second-order valence-corrected chi connectivity index (χ2v) is 7.97. The number of carbonyl (C=O) groups is 1. The van der Waals surface area contributed by atoms with Crippen LogP contribution < -0.4 is 5.32 Å². The molecule has 1 amide bonds. The van der Waals surface area contributed by atoms with Crippen LogP contribution >= 0.6 is 0 Å². The number of likely N-dealkylation sites (N-methyl/N-ethyl adjacent to an activating group) is 1. The standard InChI is InChI=1S/C18H32N2O/c1-3-20(4-2)6-5-19-17(21)13-18-10-14-7-15(11-18)9-16(8-14)12-18/h14-16H,3-13H2,1-2H3,(H,19,21). The average molecular weight is 292 g/mol. The first-order valence-electron chi connectivity index (χ1n) is 9.11. The van der Waals surface area contributed by atoms with Crippen LogP contribution in [-0.4, -0.2) is 37.0 Å². The molecule has 0 radical (unpaired) electrons. The Bertz CT molecular complexity index is 340. The van der Waals surface area contributed by atoms with Crippen molar-refractivity contribution < 1.29 is 4.79 Å². The van der Waals surface area contributed by atoms with Crippen LogP contribution in [0.4, 0.5) is 0 Å². The van der Waals surface area contributed by atoms with Crippen LogP contribution in [0.25, 0.3) is 0 Å². The Hall–Kier alpha value is -0.570. The number of rotatable bonds is 7. The van der Waals surface area contributed by atoms with Gasteiger partial charge in [0.2, 0.25) is 5.91 Å². The molecule has 0 unspecified atom stereocenters. The quantitative estimate of drug-likeness (QED) is 0.782. The number of hydrogen-bond donors (Lipinski definition) is 1. The summed E-state index contributed by atoms with van der Waals surface area (Å²) in [5.74, 6) is 3.14. The molecule has 0 aromatic rings. The van der Waals surface area contributed by atoms with Crippen LogP contribution in [0, 0.1) is 23.2 Å². The predicted octanol–water partition coefficient (Wildman–Crippen LogP) is 3.05. The van der Waals surface area contributed by atoms with Crippen molar-refractivity contribution in [2.24, 2.45) is 23.2 Å². The first kappa shape index (κ1) is 15.3. The predicted molar refractivity (Wildman–Crippen MR) is 86.0 cm³/mol. The maximum atomic E-state index is 12.4. The molecule has 4 fully saturated rings. The minimum atomic E-state index is 0.309. The van der Waals surface area contributed by atoms with Crippen LogP contribution in [0.1, 0.15) is 58.8 Å². The highest BCUT2D eigenvalue weighted by Crippen LogP contribution is 2.61. The smallest absolute Gasteiger partial charge is 0.220 e. The Kier molecular flexibility index (Phi) is 4.58. The molecule has 0 spiro atoms. The molecule has 3 nitrogen and oxygen atoms in total. The van der Waals surface area contributed by atoms with Crippen LogP contribution in [0.5, 0.6) is 0 Å². The maximum absolute atomic E-state index is 12.4. The summed E-state index contributed by atoms with van der Waals surface area (Å²) < 4.78 is 0. The van der Waals surface area contributed by atoms with E-state index in [0.29, 0.717) is 11.3 Å². The lowest BCUT2D eigenvalue weighted by molar-refractivity contribution is -0.129. The first-order chi connectivity index (χ1) is 10.1. The van der Waals surface area contributed by atoms with Crippen LogP contribution in [0.15, 0.2) is 0 Å². The maximum Gasteiger partial charge on any atom is 0.220 e. The van der Waals surface area contributed by atoms with E-state index in [4.69, 9.17) is 0 Å². The molecule has 0 atom stereocenters. The number of amides is 1. The summed E-state index contributed by atoms with van der Waals surface area (Å²) in [4.78, 5) is 14.7. The van der Waals surface area contributed by atoms with E-state index in [2.05, 4.69) is 24.1 Å². The van der Waals surface area contributed by atoms with E-state index >= 15 is 0 Å². The summed E-state index contributed by atoms with van der Waals surface area (Å²) in [5.41, 5.74) is 0.383. The van der Waals surface area contributed by atoms with Crippen LogP contribution in [0.3, 0.4) is 0 Å². The topological polar surface area (TPSA) is 32.3 Å². The number of nitrogens with one attached hydrogen (secondary N) is 1. The van der Waals surface area contributed by atoms with Gasteiger partial charge in [-0.2, -0.15) is 0 Å². The normalized spacial score (nSPS) is 37.2. The highest BCUT2D eigenvalue weighted by atomic mass is 16.1. The third-order valence-electron chi connectivity index (χ3n) is 6.35. The van der Waals surface area contributed by atoms with Gasteiger partial charge in [0.15, 0.2) is 0 Å². The zero-order valence-corrected chi connectivity index (χ0v) is 13.9. The largest absolute Gasteiger partial charge is 0.355 e. The second kappa shape index (κ2) is 6.28. The molecule has 4 bridgehead atoms. The molecule has 0 aromatic carbocycles. The van der Waals surface area contributed by atoms with Crippen molar-refractivity contribution in [2.75, 3.05) is 26.2 Å². The molecular weight excluding hydrogens is 260 g/mol. The van der Waals surface area contributed by atoms with Gasteiger partial charge in [0.25, 0.3) is 0 Å². The minimum absolute atomic E-state index is 0.309. The van der Waals surface area contributed by atoms with Gasteiger partial charge in [0.1, 0.15) is 0 Å². The molecule has 0 aliphatic heterocycles. The zero-order valence-electron chi connectivity index (χ0n) is 13.9. The summed E-state index contributed by atoms with van der Waals surface area (Å²) in [7, 11) is 0. The Balaban J connectivity index is 1.46. The van der Waals surface area contributed by atoms with Gasteiger partial charge in [-0.15, -0.1) is 0 Å². The summed E-state index contributed by atoms with van der Waals surface area (Å²) >= 11 is 0. The highest BCUT2D eigenvalue weighted by molar-refractivity contribution is 5.76. The van der Waals surface area contributed by atoms with Crippen molar-refractivity contribution in [3.05, 3.63) is 0 Å². The molecule has 120 valence electrons. The lowest BCUT2D eigenvalue weighted by Gasteiger charge is -2.56. The van der Waals surface area contributed by atoms with Crippen molar-refractivity contribution >= 4 is 5.91 Å². The van der Waals surface area contributed by atoms with Gasteiger partial charge >= 0.3 is 0 Å². The number of hydrogen-bond acceptors (Lipinski definition) is 2. The molecule has 4 aliphatic carbocycles. The molecular formula is C18H32N2O. The number of carbonyl (C=O) groups excluding carboxylic acids is 1. The van der Waals surface area contributed by atoms with Gasteiger partial charge in [-0.05, 0) is 74.8 Å². The van der Waals surface area contributed by atoms with Gasteiger partial charge in [-0.25, -0.2) is 0 Å². The van der Waals surface area contributed by atoms with E-state index in [1.54, 1.807) is 0 Å². The van der Waals surface area contributed by atoms with E-state index in [1.807, 2.05) is 0 Å². The lowest BCUT2D eigenvalue weighted by atomic mass is 9.49. The summed E-state index contributed by atoms with van der Waals surface area (Å²) in [6, 6.07) is 0. The Morgan fingerprint density at radius 2 is 1.57 bits per heavy atom. The molecule has 0 aromatic heterocycles. The highest BCUT2D eigenvalue weighted by Gasteiger charge is 2.51. The molecule has 21 heavy (non-hydrogen) atoms. The van der Waals surface area contributed by atoms with Crippen LogP contribution in [-0.2, 0) is 4.79 Å². The molecule has 4 rings (SSSR count). The second-order valence-electron chi connectivity index (χ2n) is 7.97. The summed E-state index contributed by atoms with van der Waals surface area (Å²) in [6.07, 6.45) is 9.19. The monoisotopic (exact) mass is 292 g/mol. The SMILES string of the molecule is CCN(CC)CCNC(=O)CC12CC3CC(CC(C3)C1)C2. The van der Waals surface area contributed by atoms with Gasteiger partial charge in [0, 0.05) is 19.5 Å². The first-order valence-corrected chi connectivity index (χ1v) is 9.11. The third kappa shape index (κ3) is 3.44. The van der Waals surface area contributed by atoms with E-state index in [9.17, 15) is 4.79 Å². The third-order valence-corrected chi connectivity index (χ3v) is 6.35. The van der Waals surface area contributed by atoms with E-state index in [0.717, 1.165) is 50.4 Å². The van der Waals surface area contributed by atoms with E-state index < -0.39 is 0 Å². The van der Waals surface area contributed by atoms with Crippen molar-refractivity contribution in [2.45, 2.75) is 58.8 Å². The van der Waals surface area contributed by atoms with E-state index in [1.165, 1.54) is 38.5 Å². The van der Waals surface area contributed by atoms with Gasteiger partial charge in [0.05, 0.1) is 0 Å². The molecule has 3 heteroatoms. The average Bonchev–Trinajstić information content (AvgIpc) is 2.41. The Morgan fingerprint density at radius 3 is 2.05 bits per heavy atom. The lowest BCUT2D eigenvalue weighted by Crippen LogP contribution is -2.48. The van der Waals surface area contributed by atoms with Crippen molar-refractivity contribution in [3.63, 3.8) is 0 Å². The fourth-order valence-electron chi connectivity index (χ4n) is 5.80. The fourth-order valence-corrected chi connectivity index (χ4v) is 5.80. The van der Waals surface area contributed by atoms with Gasteiger partial charge in [-0.3, -0.25) is 4.79 Å². The molecule has 0 heterocycles. The molecule has 4 saturated carbocycles. The minimum Gasteiger partial charge on any atom is -0.355 e. The summed E-state index contributed by atoms with van der Waals surface area (Å²) in [6.45, 7) is 8.30. The van der Waals surface area contributed by atoms with Crippen LogP contribution in [0.2, 0.25) is 0 Å². The van der Waals surface area contributed by atoms with Gasteiger partial charge in [-0.1, -0.05) is 13.8 Å².